The van der Waals surface area contributed by atoms with Crippen LogP contribution in [0.5, 0.6) is 5.75 Å². The van der Waals surface area contributed by atoms with Gasteiger partial charge in [0.1, 0.15) is 12.4 Å². The Morgan fingerprint density at radius 1 is 1.24 bits per heavy atom. The molecule has 17 heavy (non-hydrogen) atoms. The summed E-state index contributed by atoms with van der Waals surface area (Å²) >= 11 is 0. The number of alkyl halides is 3. The van der Waals surface area contributed by atoms with Crippen LogP contribution < -0.4 is 10.5 Å². The van der Waals surface area contributed by atoms with Crippen molar-refractivity contribution in [2.75, 3.05) is 25.6 Å². The molecule has 3 nitrogen and oxygen atoms in total. The third-order valence-electron chi connectivity index (χ3n) is 2.03. The van der Waals surface area contributed by atoms with Gasteiger partial charge in [-0.05, 0) is 25.1 Å². The van der Waals surface area contributed by atoms with Gasteiger partial charge in [-0.2, -0.15) is 13.2 Å². The molecule has 2 N–H and O–H groups in total. The Morgan fingerprint density at radius 2 is 1.94 bits per heavy atom. The summed E-state index contributed by atoms with van der Waals surface area (Å²) < 4.78 is 47.4. The minimum absolute atomic E-state index is 0.0273. The SMILES string of the molecule is CCOCCOc1cc(C(F)(F)F)ccc1N. The summed E-state index contributed by atoms with van der Waals surface area (Å²) in [4.78, 5) is 0. The number of anilines is 1. The lowest BCUT2D eigenvalue weighted by molar-refractivity contribution is -0.137. The molecule has 0 saturated heterocycles. The largest absolute Gasteiger partial charge is 0.489 e. The number of benzene rings is 1. The summed E-state index contributed by atoms with van der Waals surface area (Å²) in [5.74, 6) is 0.0273. The van der Waals surface area contributed by atoms with E-state index in [-0.39, 0.29) is 18.0 Å². The fraction of sp³-hybridized carbons (Fsp3) is 0.455. The molecule has 0 saturated carbocycles. The minimum atomic E-state index is -4.40. The van der Waals surface area contributed by atoms with Gasteiger partial charge in [-0.15, -0.1) is 0 Å². The van der Waals surface area contributed by atoms with Crippen LogP contribution in [0.2, 0.25) is 0 Å². The Balaban J connectivity index is 2.70. The molecular formula is C11H14F3NO2. The van der Waals surface area contributed by atoms with E-state index >= 15 is 0 Å². The summed E-state index contributed by atoms with van der Waals surface area (Å²) in [7, 11) is 0. The standard InChI is InChI=1S/C11H14F3NO2/c1-2-16-5-6-17-10-7-8(11(12,13)14)3-4-9(10)15/h3-4,7H,2,5-6,15H2,1H3. The molecule has 0 aromatic heterocycles. The zero-order chi connectivity index (χ0) is 12.9. The first kappa shape index (κ1) is 13.6. The summed E-state index contributed by atoms with van der Waals surface area (Å²) in [5.41, 5.74) is 4.91. The fourth-order valence-electron chi connectivity index (χ4n) is 1.19. The van der Waals surface area contributed by atoms with Gasteiger partial charge >= 0.3 is 6.18 Å². The van der Waals surface area contributed by atoms with Gasteiger partial charge in [0, 0.05) is 6.61 Å². The van der Waals surface area contributed by atoms with E-state index < -0.39 is 11.7 Å². The highest BCUT2D eigenvalue weighted by molar-refractivity contribution is 5.54. The van der Waals surface area contributed by atoms with Gasteiger partial charge in [0.2, 0.25) is 0 Å². The maximum atomic E-state index is 12.4. The molecule has 0 amide bonds. The van der Waals surface area contributed by atoms with Gasteiger partial charge in [0.05, 0.1) is 17.9 Å². The van der Waals surface area contributed by atoms with Gasteiger partial charge in [-0.1, -0.05) is 0 Å². The predicted octanol–water partition coefficient (Wildman–Crippen LogP) is 2.70. The van der Waals surface area contributed by atoms with Gasteiger partial charge in [-0.25, -0.2) is 0 Å². The molecule has 0 radical (unpaired) electrons. The van der Waals surface area contributed by atoms with Crippen molar-refractivity contribution in [3.05, 3.63) is 23.8 Å². The molecule has 0 atom stereocenters. The molecule has 0 fully saturated rings. The van der Waals surface area contributed by atoms with Crippen molar-refractivity contribution in [3.8, 4) is 5.75 Å². The second kappa shape index (κ2) is 5.77. The van der Waals surface area contributed by atoms with Gasteiger partial charge in [0.15, 0.2) is 0 Å². The monoisotopic (exact) mass is 249 g/mol. The average molecular weight is 249 g/mol. The van der Waals surface area contributed by atoms with E-state index in [0.717, 1.165) is 12.1 Å². The number of halogens is 3. The van der Waals surface area contributed by atoms with Crippen LogP contribution in [0.3, 0.4) is 0 Å². The van der Waals surface area contributed by atoms with E-state index in [9.17, 15) is 13.2 Å². The van der Waals surface area contributed by atoms with E-state index in [1.807, 2.05) is 6.92 Å². The van der Waals surface area contributed by atoms with Crippen LogP contribution >= 0.6 is 0 Å². The number of rotatable bonds is 5. The van der Waals surface area contributed by atoms with Crippen molar-refractivity contribution in [2.24, 2.45) is 0 Å². The smallest absolute Gasteiger partial charge is 0.416 e. The van der Waals surface area contributed by atoms with E-state index in [2.05, 4.69) is 0 Å². The first-order chi connectivity index (χ1) is 7.95. The molecular weight excluding hydrogens is 235 g/mol. The first-order valence-electron chi connectivity index (χ1n) is 5.12. The molecule has 0 aliphatic heterocycles. The van der Waals surface area contributed by atoms with Crippen LogP contribution in [0.25, 0.3) is 0 Å². The summed E-state index contributed by atoms with van der Waals surface area (Å²) in [5, 5.41) is 0. The third kappa shape index (κ3) is 4.14. The van der Waals surface area contributed by atoms with Crippen LogP contribution in [0, 0.1) is 0 Å². The summed E-state index contributed by atoms with van der Waals surface area (Å²) in [6, 6.07) is 2.99. The minimum Gasteiger partial charge on any atom is -0.489 e. The first-order valence-corrected chi connectivity index (χ1v) is 5.12. The van der Waals surface area contributed by atoms with Crippen LogP contribution in [0.4, 0.5) is 18.9 Å². The van der Waals surface area contributed by atoms with E-state index in [1.165, 1.54) is 6.07 Å². The summed E-state index contributed by atoms with van der Waals surface area (Å²) in [6.45, 7) is 2.83. The molecule has 6 heteroatoms. The van der Waals surface area contributed by atoms with Crippen molar-refractivity contribution < 1.29 is 22.6 Å². The Morgan fingerprint density at radius 3 is 2.53 bits per heavy atom. The van der Waals surface area contributed by atoms with E-state index in [1.54, 1.807) is 0 Å². The Kier molecular flexibility index (Phi) is 4.62. The normalized spacial score (nSPS) is 11.5. The van der Waals surface area contributed by atoms with Crippen LogP contribution in [0.1, 0.15) is 12.5 Å². The van der Waals surface area contributed by atoms with Gasteiger partial charge in [0.25, 0.3) is 0 Å². The molecule has 0 heterocycles. The fourth-order valence-corrected chi connectivity index (χ4v) is 1.19. The second-order valence-electron chi connectivity index (χ2n) is 3.30. The van der Waals surface area contributed by atoms with Crippen molar-refractivity contribution >= 4 is 5.69 Å². The average Bonchev–Trinajstić information content (AvgIpc) is 2.25. The van der Waals surface area contributed by atoms with Crippen LogP contribution in [-0.4, -0.2) is 19.8 Å². The molecule has 0 aliphatic carbocycles. The maximum Gasteiger partial charge on any atom is 0.416 e. The van der Waals surface area contributed by atoms with E-state index in [4.69, 9.17) is 15.2 Å². The highest BCUT2D eigenvalue weighted by Crippen LogP contribution is 2.33. The highest BCUT2D eigenvalue weighted by atomic mass is 19.4. The van der Waals surface area contributed by atoms with Crippen LogP contribution in [-0.2, 0) is 10.9 Å². The van der Waals surface area contributed by atoms with Crippen molar-refractivity contribution in [1.29, 1.82) is 0 Å². The van der Waals surface area contributed by atoms with Crippen LogP contribution in [0.15, 0.2) is 18.2 Å². The lowest BCUT2D eigenvalue weighted by Gasteiger charge is -2.12. The lowest BCUT2D eigenvalue weighted by atomic mass is 10.2. The molecule has 1 aromatic carbocycles. The third-order valence-corrected chi connectivity index (χ3v) is 2.03. The van der Waals surface area contributed by atoms with Gasteiger partial charge < -0.3 is 15.2 Å². The van der Waals surface area contributed by atoms with Crippen molar-refractivity contribution in [1.82, 2.24) is 0 Å². The number of hydrogen-bond donors (Lipinski definition) is 1. The number of ether oxygens (including phenoxy) is 2. The van der Waals surface area contributed by atoms with Gasteiger partial charge in [-0.3, -0.25) is 0 Å². The molecule has 0 aliphatic rings. The highest BCUT2D eigenvalue weighted by Gasteiger charge is 2.31. The zero-order valence-corrected chi connectivity index (χ0v) is 9.38. The molecule has 0 bridgehead atoms. The number of nitrogens with two attached hydrogens (primary N) is 1. The van der Waals surface area contributed by atoms with Crippen molar-refractivity contribution in [3.63, 3.8) is 0 Å². The van der Waals surface area contributed by atoms with Crippen molar-refractivity contribution in [2.45, 2.75) is 13.1 Å². The maximum absolute atomic E-state index is 12.4. The number of hydrogen-bond acceptors (Lipinski definition) is 3. The van der Waals surface area contributed by atoms with E-state index in [0.29, 0.717) is 13.2 Å². The topological polar surface area (TPSA) is 44.5 Å². The molecule has 0 spiro atoms. The quantitative estimate of drug-likeness (QED) is 0.644. The zero-order valence-electron chi connectivity index (χ0n) is 9.38. The predicted molar refractivity (Wildman–Crippen MR) is 57.8 cm³/mol. The Hall–Kier alpha value is -1.43. The lowest BCUT2D eigenvalue weighted by Crippen LogP contribution is -2.10. The molecule has 0 unspecified atom stereocenters. The summed E-state index contributed by atoms with van der Waals surface area (Å²) in [6.07, 6.45) is -4.40. The second-order valence-corrected chi connectivity index (χ2v) is 3.30. The molecule has 1 aromatic rings. The Labute approximate surface area is 97.3 Å². The molecule has 96 valence electrons. The molecule has 1 rings (SSSR count). The number of nitrogen functional groups attached to an aromatic ring is 1. The Bertz CT molecular complexity index is 366.